The van der Waals surface area contributed by atoms with Crippen LogP contribution in [0.25, 0.3) is 77.2 Å². The molecule has 0 unspecified atom stereocenters. The number of rotatable bonds is 7. The summed E-state index contributed by atoms with van der Waals surface area (Å²) in [6.07, 6.45) is 0. The Bertz CT molecular complexity index is 2900. The van der Waals surface area contributed by atoms with Crippen molar-refractivity contribution < 1.29 is 4.42 Å². The summed E-state index contributed by atoms with van der Waals surface area (Å²) in [6.45, 7) is 0. The second kappa shape index (κ2) is 13.4. The zero-order chi connectivity index (χ0) is 35.8. The fourth-order valence-electron chi connectivity index (χ4n) is 7.83. The Morgan fingerprint density at radius 2 is 0.796 bits per heavy atom. The molecule has 0 spiro atoms. The quantitative estimate of drug-likeness (QED) is 0.166. The van der Waals surface area contributed by atoms with Crippen LogP contribution in [0.5, 0.6) is 0 Å². The van der Waals surface area contributed by atoms with Gasteiger partial charge in [0.2, 0.25) is 0 Å². The maximum atomic E-state index is 6.17. The van der Waals surface area contributed by atoms with E-state index in [1.807, 2.05) is 12.1 Å². The average molecular weight is 690 g/mol. The zero-order valence-electron chi connectivity index (χ0n) is 29.6. The number of nitrogens with zero attached hydrogens (tertiary/aromatic N) is 1. The van der Waals surface area contributed by atoms with Crippen LogP contribution in [0, 0.1) is 0 Å². The smallest absolute Gasteiger partial charge is 0.136 e. The first kappa shape index (κ1) is 31.6. The molecule has 0 amide bonds. The van der Waals surface area contributed by atoms with Crippen molar-refractivity contribution in [1.82, 2.24) is 0 Å². The first-order chi connectivity index (χ1) is 26.8. The van der Waals surface area contributed by atoms with Crippen LogP contribution in [0.3, 0.4) is 0 Å². The third-order valence-corrected chi connectivity index (χ3v) is 10.5. The molecular formula is C52H35NO. The van der Waals surface area contributed by atoms with Gasteiger partial charge in [-0.2, -0.15) is 0 Å². The SMILES string of the molecule is c1ccc(-c2cccc(N(c3ccc(-c4ccc(-c5cccc6oc7ccccc7c56)cc4)cc3)c3ccc(-c4cccc5ccccc45)cc3)c2)cc1. The monoisotopic (exact) mass is 689 g/mol. The Morgan fingerprint density at radius 1 is 0.296 bits per heavy atom. The zero-order valence-corrected chi connectivity index (χ0v) is 29.6. The summed E-state index contributed by atoms with van der Waals surface area (Å²) < 4.78 is 6.17. The number of hydrogen-bond acceptors (Lipinski definition) is 2. The lowest BCUT2D eigenvalue weighted by molar-refractivity contribution is 0.669. The van der Waals surface area contributed by atoms with Crippen molar-refractivity contribution in [3.05, 3.63) is 212 Å². The minimum Gasteiger partial charge on any atom is -0.456 e. The van der Waals surface area contributed by atoms with Gasteiger partial charge >= 0.3 is 0 Å². The maximum Gasteiger partial charge on any atom is 0.136 e. The van der Waals surface area contributed by atoms with E-state index in [0.29, 0.717) is 0 Å². The highest BCUT2D eigenvalue weighted by Gasteiger charge is 2.16. The largest absolute Gasteiger partial charge is 0.456 e. The molecule has 0 N–H and O–H groups in total. The summed E-state index contributed by atoms with van der Waals surface area (Å²) in [7, 11) is 0. The van der Waals surface area contributed by atoms with Gasteiger partial charge in [0, 0.05) is 27.8 Å². The number of para-hydroxylation sites is 1. The van der Waals surface area contributed by atoms with E-state index in [9.17, 15) is 0 Å². The van der Waals surface area contributed by atoms with E-state index in [2.05, 4.69) is 205 Å². The standard InChI is InChI=1S/C52H35NO/c1-2-11-36(12-3-1)42-15-8-16-45(35-42)53(44-33-29-40(30-34-44)47-19-9-14-39-13-4-5-17-46(39)47)43-31-27-38(28-32-43)37-23-25-41(26-24-37)48-20-10-22-51-52(48)49-18-6-7-21-50(49)54-51/h1-35H. The fourth-order valence-corrected chi connectivity index (χ4v) is 7.83. The fraction of sp³-hybridized carbons (Fsp3) is 0. The second-order valence-corrected chi connectivity index (χ2v) is 13.7. The Balaban J connectivity index is 1.01. The molecule has 0 saturated heterocycles. The molecule has 1 heterocycles. The van der Waals surface area contributed by atoms with Gasteiger partial charge in [-0.25, -0.2) is 0 Å². The predicted octanol–water partition coefficient (Wildman–Crippen LogP) is 14.9. The van der Waals surface area contributed by atoms with Crippen LogP contribution in [0.15, 0.2) is 217 Å². The highest BCUT2D eigenvalue weighted by molar-refractivity contribution is 6.12. The lowest BCUT2D eigenvalue weighted by Crippen LogP contribution is -2.10. The molecule has 0 aliphatic rings. The van der Waals surface area contributed by atoms with Crippen molar-refractivity contribution in [3.63, 3.8) is 0 Å². The molecule has 10 aromatic rings. The molecule has 0 atom stereocenters. The van der Waals surface area contributed by atoms with Gasteiger partial charge < -0.3 is 9.32 Å². The topological polar surface area (TPSA) is 16.4 Å². The van der Waals surface area contributed by atoms with Crippen LogP contribution >= 0.6 is 0 Å². The molecule has 0 aliphatic carbocycles. The van der Waals surface area contributed by atoms with Crippen LogP contribution in [-0.2, 0) is 0 Å². The van der Waals surface area contributed by atoms with Gasteiger partial charge in [0.15, 0.2) is 0 Å². The minimum atomic E-state index is 0.912. The molecule has 10 rings (SSSR count). The molecule has 54 heavy (non-hydrogen) atoms. The summed E-state index contributed by atoms with van der Waals surface area (Å²) in [6, 6.07) is 75.9. The van der Waals surface area contributed by atoms with Crippen LogP contribution in [0.4, 0.5) is 17.1 Å². The highest BCUT2D eigenvalue weighted by atomic mass is 16.3. The van der Waals surface area contributed by atoms with Crippen LogP contribution < -0.4 is 4.90 Å². The molecule has 2 nitrogen and oxygen atoms in total. The van der Waals surface area contributed by atoms with Gasteiger partial charge in [0.05, 0.1) is 0 Å². The Morgan fingerprint density at radius 3 is 1.57 bits per heavy atom. The Labute approximate surface area is 314 Å². The molecule has 1 aromatic heterocycles. The second-order valence-electron chi connectivity index (χ2n) is 13.7. The van der Waals surface area contributed by atoms with Crippen LogP contribution in [-0.4, -0.2) is 0 Å². The van der Waals surface area contributed by atoms with Gasteiger partial charge in [0.1, 0.15) is 11.2 Å². The van der Waals surface area contributed by atoms with Gasteiger partial charge in [-0.3, -0.25) is 0 Å². The van der Waals surface area contributed by atoms with E-state index in [-0.39, 0.29) is 0 Å². The number of anilines is 3. The van der Waals surface area contributed by atoms with E-state index in [0.717, 1.165) is 39.0 Å². The average Bonchev–Trinajstić information content (AvgIpc) is 3.64. The third kappa shape index (κ3) is 5.71. The predicted molar refractivity (Wildman–Crippen MR) is 228 cm³/mol. The molecule has 0 fully saturated rings. The van der Waals surface area contributed by atoms with Crippen molar-refractivity contribution >= 4 is 49.8 Å². The maximum absolute atomic E-state index is 6.17. The number of fused-ring (bicyclic) bond motifs is 4. The first-order valence-electron chi connectivity index (χ1n) is 18.4. The Hall–Kier alpha value is -7.16. The van der Waals surface area contributed by atoms with Crippen molar-refractivity contribution in [2.45, 2.75) is 0 Å². The summed E-state index contributed by atoms with van der Waals surface area (Å²) in [4.78, 5) is 2.35. The minimum absolute atomic E-state index is 0.912. The molecular weight excluding hydrogens is 655 g/mol. The highest BCUT2D eigenvalue weighted by Crippen LogP contribution is 2.40. The molecule has 0 bridgehead atoms. The molecule has 2 heteroatoms. The molecule has 0 radical (unpaired) electrons. The molecule has 0 aliphatic heterocycles. The lowest BCUT2D eigenvalue weighted by Gasteiger charge is -2.26. The lowest BCUT2D eigenvalue weighted by atomic mass is 9.96. The van der Waals surface area contributed by atoms with Gasteiger partial charge in [-0.1, -0.05) is 164 Å². The van der Waals surface area contributed by atoms with Crippen molar-refractivity contribution in [1.29, 1.82) is 0 Å². The molecule has 9 aromatic carbocycles. The van der Waals surface area contributed by atoms with Crippen LogP contribution in [0.2, 0.25) is 0 Å². The van der Waals surface area contributed by atoms with Gasteiger partial charge in [-0.15, -0.1) is 0 Å². The number of furan rings is 1. The van der Waals surface area contributed by atoms with Crippen LogP contribution in [0.1, 0.15) is 0 Å². The van der Waals surface area contributed by atoms with E-state index in [1.165, 1.54) is 55.3 Å². The van der Waals surface area contributed by atoms with E-state index < -0.39 is 0 Å². The van der Waals surface area contributed by atoms with Gasteiger partial charge in [-0.05, 0) is 104 Å². The summed E-state index contributed by atoms with van der Waals surface area (Å²) >= 11 is 0. The van der Waals surface area contributed by atoms with E-state index in [1.54, 1.807) is 0 Å². The van der Waals surface area contributed by atoms with Crippen molar-refractivity contribution in [2.24, 2.45) is 0 Å². The van der Waals surface area contributed by atoms with Gasteiger partial charge in [0.25, 0.3) is 0 Å². The number of benzene rings is 9. The summed E-state index contributed by atoms with van der Waals surface area (Å²) in [5.41, 5.74) is 14.6. The van der Waals surface area contributed by atoms with E-state index >= 15 is 0 Å². The van der Waals surface area contributed by atoms with E-state index in [4.69, 9.17) is 4.42 Å². The Kier molecular flexibility index (Phi) is 7.85. The summed E-state index contributed by atoms with van der Waals surface area (Å²) in [5, 5.41) is 4.81. The number of hydrogen-bond donors (Lipinski definition) is 0. The third-order valence-electron chi connectivity index (χ3n) is 10.5. The normalized spacial score (nSPS) is 11.3. The van der Waals surface area contributed by atoms with Crippen molar-refractivity contribution in [2.75, 3.05) is 4.90 Å². The first-order valence-corrected chi connectivity index (χ1v) is 18.4. The molecule has 254 valence electrons. The molecule has 0 saturated carbocycles. The van der Waals surface area contributed by atoms with Crippen molar-refractivity contribution in [3.8, 4) is 44.5 Å². The summed E-state index contributed by atoms with van der Waals surface area (Å²) in [5.74, 6) is 0.